The van der Waals surface area contributed by atoms with Crippen molar-refractivity contribution in [2.24, 2.45) is 7.05 Å². The number of halogens is 1. The first-order valence-electron chi connectivity index (χ1n) is 5.89. The summed E-state index contributed by atoms with van der Waals surface area (Å²) < 4.78 is 3.94. The predicted octanol–water partition coefficient (Wildman–Crippen LogP) is 2.89. The van der Waals surface area contributed by atoms with E-state index in [1.807, 2.05) is 42.1 Å². The molecule has 0 N–H and O–H groups in total. The number of benzene rings is 1. The Morgan fingerprint density at radius 3 is 2.89 bits per heavy atom. The molecule has 3 aromatic rings. The molecule has 2 aromatic heterocycles. The highest BCUT2D eigenvalue weighted by molar-refractivity contribution is 6.29. The molecule has 0 saturated carbocycles. The van der Waals surface area contributed by atoms with Gasteiger partial charge in [0.1, 0.15) is 17.3 Å². The summed E-state index contributed by atoms with van der Waals surface area (Å²) in [6.07, 6.45) is 4.49. The van der Waals surface area contributed by atoms with Crippen molar-refractivity contribution in [2.75, 3.05) is 0 Å². The lowest BCUT2D eigenvalue weighted by Crippen LogP contribution is -2.05. The van der Waals surface area contributed by atoms with Crippen LogP contribution in [0.2, 0.25) is 5.15 Å². The maximum absolute atomic E-state index is 10.8. The quantitative estimate of drug-likeness (QED) is 0.689. The number of carbonyl (C=O) groups is 1. The monoisotopic (exact) mass is 273 g/mol. The minimum atomic E-state index is 0.620. The first-order chi connectivity index (χ1) is 9.19. The van der Waals surface area contributed by atoms with Gasteiger partial charge in [0, 0.05) is 29.7 Å². The Hall–Kier alpha value is -2.07. The van der Waals surface area contributed by atoms with Crippen LogP contribution in [0.25, 0.3) is 10.9 Å². The van der Waals surface area contributed by atoms with Gasteiger partial charge in [0.15, 0.2) is 0 Å². The van der Waals surface area contributed by atoms with E-state index in [-0.39, 0.29) is 0 Å². The number of aromatic nitrogens is 3. The average molecular weight is 274 g/mol. The highest BCUT2D eigenvalue weighted by Gasteiger charge is 2.07. The van der Waals surface area contributed by atoms with Crippen molar-refractivity contribution >= 4 is 28.8 Å². The van der Waals surface area contributed by atoms with Crippen molar-refractivity contribution in [3.05, 3.63) is 53.2 Å². The molecule has 5 heteroatoms. The van der Waals surface area contributed by atoms with E-state index in [1.165, 1.54) is 0 Å². The molecule has 4 nitrogen and oxygen atoms in total. The zero-order chi connectivity index (χ0) is 13.4. The standard InChI is InChI=1S/C14H12ClN3O/c1-17-13(15)7-16-14(17)8-18-5-4-11-6-10(9-19)2-3-12(11)18/h2-7,9H,8H2,1H3. The number of aldehydes is 1. The van der Waals surface area contributed by atoms with E-state index < -0.39 is 0 Å². The lowest BCUT2D eigenvalue weighted by molar-refractivity contribution is 0.112. The smallest absolute Gasteiger partial charge is 0.150 e. The summed E-state index contributed by atoms with van der Waals surface area (Å²) in [5.41, 5.74) is 1.76. The normalized spacial score (nSPS) is 11.1. The fourth-order valence-corrected chi connectivity index (χ4v) is 2.30. The van der Waals surface area contributed by atoms with E-state index in [0.29, 0.717) is 17.3 Å². The van der Waals surface area contributed by atoms with Gasteiger partial charge in [0.05, 0.1) is 12.7 Å². The topological polar surface area (TPSA) is 39.8 Å². The van der Waals surface area contributed by atoms with Crippen molar-refractivity contribution in [1.29, 1.82) is 0 Å². The van der Waals surface area contributed by atoms with Gasteiger partial charge in [0.25, 0.3) is 0 Å². The molecule has 0 saturated heterocycles. The van der Waals surface area contributed by atoms with Crippen LogP contribution in [0.5, 0.6) is 0 Å². The lowest BCUT2D eigenvalue weighted by atomic mass is 10.2. The molecular weight excluding hydrogens is 262 g/mol. The average Bonchev–Trinajstić information content (AvgIpc) is 2.97. The molecule has 0 unspecified atom stereocenters. The largest absolute Gasteiger partial charge is 0.340 e. The number of nitrogens with zero attached hydrogens (tertiary/aromatic N) is 3. The van der Waals surface area contributed by atoms with Crippen molar-refractivity contribution in [3.63, 3.8) is 0 Å². The summed E-state index contributed by atoms with van der Waals surface area (Å²) >= 11 is 5.98. The maximum Gasteiger partial charge on any atom is 0.150 e. The van der Waals surface area contributed by atoms with Crippen molar-refractivity contribution in [1.82, 2.24) is 14.1 Å². The van der Waals surface area contributed by atoms with Crippen LogP contribution in [0.1, 0.15) is 16.2 Å². The van der Waals surface area contributed by atoms with Crippen LogP contribution < -0.4 is 0 Å². The van der Waals surface area contributed by atoms with Gasteiger partial charge >= 0.3 is 0 Å². The molecule has 0 aliphatic carbocycles. The van der Waals surface area contributed by atoms with Gasteiger partial charge in [-0.25, -0.2) is 4.98 Å². The molecule has 0 spiro atoms. The third-order valence-electron chi connectivity index (χ3n) is 3.27. The Labute approximate surface area is 115 Å². The van der Waals surface area contributed by atoms with E-state index in [4.69, 9.17) is 11.6 Å². The van der Waals surface area contributed by atoms with Crippen LogP contribution in [0.3, 0.4) is 0 Å². The molecule has 0 bridgehead atoms. The molecule has 0 aliphatic rings. The number of hydrogen-bond donors (Lipinski definition) is 0. The van der Waals surface area contributed by atoms with E-state index in [1.54, 1.807) is 6.20 Å². The third-order valence-corrected chi connectivity index (χ3v) is 3.62. The zero-order valence-electron chi connectivity index (χ0n) is 10.4. The van der Waals surface area contributed by atoms with E-state index in [9.17, 15) is 4.79 Å². The Bertz CT molecular complexity index is 757. The molecule has 0 aliphatic heterocycles. The van der Waals surface area contributed by atoms with Crippen LogP contribution in [-0.4, -0.2) is 20.4 Å². The highest BCUT2D eigenvalue weighted by atomic mass is 35.5. The minimum Gasteiger partial charge on any atom is -0.340 e. The Kier molecular flexibility index (Phi) is 2.87. The summed E-state index contributed by atoms with van der Waals surface area (Å²) in [6, 6.07) is 7.64. The highest BCUT2D eigenvalue weighted by Crippen LogP contribution is 2.19. The van der Waals surface area contributed by atoms with Crippen LogP contribution >= 0.6 is 11.6 Å². The fraction of sp³-hybridized carbons (Fsp3) is 0.143. The SMILES string of the molecule is Cn1c(Cl)cnc1Cn1ccc2cc(C=O)ccc21. The first-order valence-corrected chi connectivity index (χ1v) is 6.27. The minimum absolute atomic E-state index is 0.620. The summed E-state index contributed by atoms with van der Waals surface area (Å²) in [6.45, 7) is 0.646. The fourth-order valence-electron chi connectivity index (χ4n) is 2.15. The second-order valence-corrected chi connectivity index (χ2v) is 4.82. The van der Waals surface area contributed by atoms with Crippen LogP contribution in [-0.2, 0) is 13.6 Å². The van der Waals surface area contributed by atoms with E-state index in [0.717, 1.165) is 23.0 Å². The number of imidazole rings is 1. The Morgan fingerprint density at radius 1 is 1.37 bits per heavy atom. The Balaban J connectivity index is 2.02. The number of rotatable bonds is 3. The molecule has 0 fully saturated rings. The van der Waals surface area contributed by atoms with E-state index >= 15 is 0 Å². The predicted molar refractivity (Wildman–Crippen MR) is 74.6 cm³/mol. The van der Waals surface area contributed by atoms with Crippen molar-refractivity contribution < 1.29 is 4.79 Å². The van der Waals surface area contributed by atoms with Crippen molar-refractivity contribution in [3.8, 4) is 0 Å². The van der Waals surface area contributed by atoms with Gasteiger partial charge in [-0.3, -0.25) is 4.79 Å². The molecule has 1 aromatic carbocycles. The Morgan fingerprint density at radius 2 is 2.21 bits per heavy atom. The van der Waals surface area contributed by atoms with Gasteiger partial charge in [0.2, 0.25) is 0 Å². The second kappa shape index (κ2) is 4.55. The van der Waals surface area contributed by atoms with Gasteiger partial charge in [-0.15, -0.1) is 0 Å². The molecule has 0 radical (unpaired) electrons. The summed E-state index contributed by atoms with van der Waals surface area (Å²) in [4.78, 5) is 15.0. The third kappa shape index (κ3) is 2.04. The van der Waals surface area contributed by atoms with Gasteiger partial charge < -0.3 is 9.13 Å². The summed E-state index contributed by atoms with van der Waals surface area (Å²) in [5.74, 6) is 0.891. The summed E-state index contributed by atoms with van der Waals surface area (Å²) in [5, 5.41) is 1.67. The van der Waals surface area contributed by atoms with Gasteiger partial charge in [-0.2, -0.15) is 0 Å². The molecule has 2 heterocycles. The number of carbonyl (C=O) groups excluding carboxylic acids is 1. The molecule has 3 rings (SSSR count). The second-order valence-electron chi connectivity index (χ2n) is 4.44. The van der Waals surface area contributed by atoms with Crippen LogP contribution in [0.4, 0.5) is 0 Å². The van der Waals surface area contributed by atoms with Gasteiger partial charge in [-0.05, 0) is 24.3 Å². The molecule has 96 valence electrons. The molecule has 0 atom stereocenters. The number of fused-ring (bicyclic) bond motifs is 1. The van der Waals surface area contributed by atoms with Crippen LogP contribution in [0.15, 0.2) is 36.7 Å². The van der Waals surface area contributed by atoms with E-state index in [2.05, 4.69) is 9.55 Å². The number of hydrogen-bond acceptors (Lipinski definition) is 2. The lowest BCUT2D eigenvalue weighted by Gasteiger charge is -2.06. The van der Waals surface area contributed by atoms with Crippen LogP contribution in [0, 0.1) is 0 Å². The first kappa shape index (κ1) is 12.0. The van der Waals surface area contributed by atoms with Crippen molar-refractivity contribution in [2.45, 2.75) is 6.54 Å². The molecular formula is C14H12ClN3O. The maximum atomic E-state index is 10.8. The van der Waals surface area contributed by atoms with Gasteiger partial charge in [-0.1, -0.05) is 11.6 Å². The zero-order valence-corrected chi connectivity index (χ0v) is 11.1. The molecule has 0 amide bonds. The molecule has 19 heavy (non-hydrogen) atoms. The summed E-state index contributed by atoms with van der Waals surface area (Å²) in [7, 11) is 1.89.